The number of carbonyl (C=O) groups excluding carboxylic acids is 1. The smallest absolute Gasteiger partial charge is 0.416 e. The summed E-state index contributed by atoms with van der Waals surface area (Å²) in [5.74, 6) is -1.18. The Balaban J connectivity index is 1.72. The molecule has 3 aromatic rings. The number of hydrogen-bond donors (Lipinski definition) is 0. The maximum absolute atomic E-state index is 12.8. The van der Waals surface area contributed by atoms with Crippen molar-refractivity contribution in [3.63, 3.8) is 0 Å². The predicted molar refractivity (Wildman–Crippen MR) is 113 cm³/mol. The summed E-state index contributed by atoms with van der Waals surface area (Å²) in [6.45, 7) is 1.74. The first-order valence-corrected chi connectivity index (χ1v) is 10.0. The molecule has 3 rings (SSSR count). The van der Waals surface area contributed by atoms with Gasteiger partial charge in [0.1, 0.15) is 18.1 Å². The molecule has 0 spiro atoms. The number of carbonyl (C=O) groups is 1. The van der Waals surface area contributed by atoms with E-state index in [0.29, 0.717) is 12.6 Å². The molecule has 0 N–H and O–H groups in total. The van der Waals surface area contributed by atoms with Crippen LogP contribution in [0.1, 0.15) is 12.5 Å². The minimum absolute atomic E-state index is 0.0112. The molecule has 0 aliphatic rings. The van der Waals surface area contributed by atoms with Crippen molar-refractivity contribution >= 4 is 23.3 Å². The van der Waals surface area contributed by atoms with E-state index in [1.54, 1.807) is 23.3 Å². The van der Waals surface area contributed by atoms with Gasteiger partial charge in [0.05, 0.1) is 28.4 Å². The van der Waals surface area contributed by atoms with E-state index in [-0.39, 0.29) is 28.9 Å². The van der Waals surface area contributed by atoms with Crippen LogP contribution in [0, 0.1) is 10.1 Å². The average molecular weight is 500 g/mol. The molecule has 0 saturated heterocycles. The molecule has 34 heavy (non-hydrogen) atoms. The molecule has 0 radical (unpaired) electrons. The third-order valence-electron chi connectivity index (χ3n) is 4.40. The fourth-order valence-corrected chi connectivity index (χ4v) is 2.94. The van der Waals surface area contributed by atoms with Gasteiger partial charge in [-0.3, -0.25) is 10.1 Å². The van der Waals surface area contributed by atoms with E-state index >= 15 is 0 Å². The molecule has 2 aromatic carbocycles. The quantitative estimate of drug-likeness (QED) is 0.224. The van der Waals surface area contributed by atoms with Gasteiger partial charge in [-0.1, -0.05) is 11.6 Å². The van der Waals surface area contributed by atoms with E-state index in [0.717, 1.165) is 24.3 Å². The highest BCUT2D eigenvalue weighted by Crippen LogP contribution is 2.38. The number of hydrogen-bond acceptors (Lipinski definition) is 7. The first-order valence-electron chi connectivity index (χ1n) is 9.66. The normalized spacial score (nSPS) is 12.1. The van der Waals surface area contributed by atoms with Crippen LogP contribution in [0.3, 0.4) is 0 Å². The molecule has 0 aliphatic heterocycles. The Morgan fingerprint density at radius 3 is 2.62 bits per heavy atom. The molecule has 1 atom stereocenters. The Bertz CT molecular complexity index is 1170. The van der Waals surface area contributed by atoms with Crippen molar-refractivity contribution in [3.8, 4) is 17.2 Å². The van der Waals surface area contributed by atoms with Crippen LogP contribution in [0.5, 0.6) is 17.2 Å². The van der Waals surface area contributed by atoms with Gasteiger partial charge in [0.2, 0.25) is 5.75 Å². The van der Waals surface area contributed by atoms with Gasteiger partial charge in [0.25, 0.3) is 0 Å². The number of alkyl halides is 3. The van der Waals surface area contributed by atoms with Crippen molar-refractivity contribution in [1.82, 2.24) is 9.55 Å². The van der Waals surface area contributed by atoms with Crippen molar-refractivity contribution in [2.45, 2.75) is 25.7 Å². The van der Waals surface area contributed by atoms with Crippen molar-refractivity contribution in [2.24, 2.45) is 0 Å². The highest BCUT2D eigenvalue weighted by Gasteiger charge is 2.31. The average Bonchev–Trinajstić information content (AvgIpc) is 3.28. The molecule has 1 unspecified atom stereocenters. The van der Waals surface area contributed by atoms with Crippen LogP contribution in [0.15, 0.2) is 55.1 Å². The van der Waals surface area contributed by atoms with Crippen molar-refractivity contribution in [2.75, 3.05) is 6.61 Å². The number of nitro groups is 1. The van der Waals surface area contributed by atoms with Gasteiger partial charge in [-0.15, -0.1) is 0 Å². The fraction of sp³-hybridized carbons (Fsp3) is 0.238. The fourth-order valence-electron chi connectivity index (χ4n) is 2.72. The second kappa shape index (κ2) is 10.4. The highest BCUT2D eigenvalue weighted by atomic mass is 35.5. The standard InChI is InChI=1S/C21H17ClF3N3O6/c1-13(20(29)32-9-8-27-7-6-26-12-27)33-19-11-15(3-4-17(19)28(30)31)34-18-5-2-14(10-16(18)22)21(23,24)25/h2-7,10-13H,8-9H2,1H3. The minimum Gasteiger partial charge on any atom is -0.472 e. The second-order valence-electron chi connectivity index (χ2n) is 6.86. The van der Waals surface area contributed by atoms with E-state index in [1.165, 1.54) is 13.0 Å². The van der Waals surface area contributed by atoms with Crippen LogP contribution in [0.25, 0.3) is 0 Å². The summed E-state index contributed by atoms with van der Waals surface area (Å²) < 4.78 is 56.1. The third kappa shape index (κ3) is 6.38. The zero-order chi connectivity index (χ0) is 24.9. The largest absolute Gasteiger partial charge is 0.472 e. The topological polar surface area (TPSA) is 106 Å². The molecule has 9 nitrogen and oxygen atoms in total. The van der Waals surface area contributed by atoms with Gasteiger partial charge < -0.3 is 18.8 Å². The molecule has 13 heteroatoms. The summed E-state index contributed by atoms with van der Waals surface area (Å²) in [5.41, 5.74) is -1.41. The van der Waals surface area contributed by atoms with Gasteiger partial charge in [0, 0.05) is 24.5 Å². The molecule has 0 aliphatic carbocycles. The SMILES string of the molecule is CC(Oc1cc(Oc2ccc(C(F)(F)F)cc2Cl)ccc1[N+](=O)[O-])C(=O)OCCn1ccnc1. The van der Waals surface area contributed by atoms with Crippen LogP contribution in [0.2, 0.25) is 5.02 Å². The number of benzene rings is 2. The zero-order valence-electron chi connectivity index (χ0n) is 17.5. The molecular weight excluding hydrogens is 483 g/mol. The summed E-state index contributed by atoms with van der Waals surface area (Å²) in [7, 11) is 0. The summed E-state index contributed by atoms with van der Waals surface area (Å²) in [6, 6.07) is 5.91. The molecule has 0 amide bonds. The van der Waals surface area contributed by atoms with E-state index in [9.17, 15) is 28.1 Å². The van der Waals surface area contributed by atoms with Gasteiger partial charge in [-0.05, 0) is 31.2 Å². The third-order valence-corrected chi connectivity index (χ3v) is 4.70. The first kappa shape index (κ1) is 24.8. The Morgan fingerprint density at radius 1 is 1.24 bits per heavy atom. The number of aromatic nitrogens is 2. The lowest BCUT2D eigenvalue weighted by Gasteiger charge is -2.15. The lowest BCUT2D eigenvalue weighted by atomic mass is 10.2. The van der Waals surface area contributed by atoms with Crippen LogP contribution in [-0.4, -0.2) is 33.2 Å². The number of halogens is 4. The predicted octanol–water partition coefficient (Wildman–Crippen LogP) is 5.27. The van der Waals surface area contributed by atoms with Crippen LogP contribution >= 0.6 is 11.6 Å². The van der Waals surface area contributed by atoms with Crippen LogP contribution in [-0.2, 0) is 22.3 Å². The second-order valence-corrected chi connectivity index (χ2v) is 7.27. The Kier molecular flexibility index (Phi) is 7.61. The maximum Gasteiger partial charge on any atom is 0.416 e. The minimum atomic E-state index is -4.58. The van der Waals surface area contributed by atoms with E-state index in [2.05, 4.69) is 4.98 Å². The van der Waals surface area contributed by atoms with Gasteiger partial charge in [-0.2, -0.15) is 13.2 Å². The van der Waals surface area contributed by atoms with E-state index in [1.807, 2.05) is 0 Å². The molecule has 180 valence electrons. The summed E-state index contributed by atoms with van der Waals surface area (Å²) in [5, 5.41) is 11.0. The maximum atomic E-state index is 12.8. The van der Waals surface area contributed by atoms with Crippen molar-refractivity contribution < 1.29 is 37.1 Å². The summed E-state index contributed by atoms with van der Waals surface area (Å²) >= 11 is 5.89. The molecular formula is C21H17ClF3N3O6. The molecule has 0 saturated carbocycles. The number of imidazole rings is 1. The van der Waals surface area contributed by atoms with Crippen LogP contribution in [0.4, 0.5) is 18.9 Å². The Labute approximate surface area is 195 Å². The highest BCUT2D eigenvalue weighted by molar-refractivity contribution is 6.32. The zero-order valence-corrected chi connectivity index (χ0v) is 18.2. The lowest BCUT2D eigenvalue weighted by Crippen LogP contribution is -2.27. The van der Waals surface area contributed by atoms with Gasteiger partial charge >= 0.3 is 17.8 Å². The number of ether oxygens (including phenoxy) is 3. The number of nitro benzene ring substituents is 1. The summed E-state index contributed by atoms with van der Waals surface area (Å²) in [6.07, 6.45) is -0.983. The van der Waals surface area contributed by atoms with Gasteiger partial charge in [-0.25, -0.2) is 9.78 Å². The van der Waals surface area contributed by atoms with Crippen molar-refractivity contribution in [1.29, 1.82) is 0 Å². The Morgan fingerprint density at radius 2 is 2.00 bits per heavy atom. The van der Waals surface area contributed by atoms with Crippen molar-refractivity contribution in [3.05, 3.63) is 75.8 Å². The van der Waals surface area contributed by atoms with E-state index in [4.69, 9.17) is 25.8 Å². The summed E-state index contributed by atoms with van der Waals surface area (Å²) in [4.78, 5) is 26.7. The molecule has 0 fully saturated rings. The Hall–Kier alpha value is -3.80. The molecule has 1 heterocycles. The number of esters is 1. The lowest BCUT2D eigenvalue weighted by molar-refractivity contribution is -0.386. The van der Waals surface area contributed by atoms with Gasteiger partial charge in [0.15, 0.2) is 6.10 Å². The molecule has 0 bridgehead atoms. The van der Waals surface area contributed by atoms with E-state index < -0.39 is 34.4 Å². The monoisotopic (exact) mass is 499 g/mol. The van der Waals surface area contributed by atoms with Crippen LogP contribution < -0.4 is 9.47 Å². The molecule has 1 aromatic heterocycles. The first-order chi connectivity index (χ1) is 16.0. The number of nitrogens with zero attached hydrogens (tertiary/aromatic N) is 3. The number of rotatable bonds is 9.